The summed E-state index contributed by atoms with van der Waals surface area (Å²) in [5.74, 6) is -0.669. The van der Waals surface area contributed by atoms with E-state index in [1.54, 1.807) is 28.9 Å². The van der Waals surface area contributed by atoms with Crippen molar-refractivity contribution in [3.05, 3.63) is 71.0 Å². The molecule has 0 atom stereocenters. The lowest BCUT2D eigenvalue weighted by molar-refractivity contribution is -0.135. The summed E-state index contributed by atoms with van der Waals surface area (Å²) in [4.78, 5) is 30.1. The van der Waals surface area contributed by atoms with E-state index >= 15 is 0 Å². The topological polar surface area (TPSA) is 78.0 Å². The van der Waals surface area contributed by atoms with E-state index < -0.39 is 10.0 Å². The molecule has 1 aliphatic rings. The van der Waals surface area contributed by atoms with E-state index in [2.05, 4.69) is 0 Å². The van der Waals surface area contributed by atoms with E-state index in [1.165, 1.54) is 16.4 Å². The predicted molar refractivity (Wildman–Crippen MR) is 143 cm³/mol. The molecule has 2 aromatic rings. The molecule has 0 aromatic heterocycles. The monoisotopic (exact) mass is 531 g/mol. The highest BCUT2D eigenvalue weighted by Crippen LogP contribution is 2.22. The van der Waals surface area contributed by atoms with Gasteiger partial charge >= 0.3 is 0 Å². The van der Waals surface area contributed by atoms with Gasteiger partial charge in [0.25, 0.3) is 5.91 Å². The van der Waals surface area contributed by atoms with Crippen LogP contribution in [-0.2, 0) is 21.4 Å². The molecule has 2 amide bonds. The van der Waals surface area contributed by atoms with Crippen LogP contribution in [0.2, 0.25) is 0 Å². The lowest BCUT2D eigenvalue weighted by atomic mass is 10.0. The number of sulfonamides is 1. The van der Waals surface area contributed by atoms with Crippen LogP contribution in [-0.4, -0.2) is 72.3 Å². The van der Waals surface area contributed by atoms with Crippen molar-refractivity contribution >= 4 is 21.8 Å². The maximum Gasteiger partial charge on any atom is 0.253 e. The van der Waals surface area contributed by atoms with Crippen LogP contribution in [0.25, 0.3) is 0 Å². The first-order chi connectivity index (χ1) is 17.6. The van der Waals surface area contributed by atoms with Gasteiger partial charge in [-0.05, 0) is 62.4 Å². The Bertz CT molecular complexity index is 1140. The van der Waals surface area contributed by atoms with E-state index in [0.29, 0.717) is 44.3 Å². The average molecular weight is 532 g/mol. The second kappa shape index (κ2) is 13.1. The number of halogens is 1. The maximum absolute atomic E-state index is 13.6. The quantitative estimate of drug-likeness (QED) is 0.435. The summed E-state index contributed by atoms with van der Waals surface area (Å²) in [5, 5.41) is 0. The molecule has 9 heteroatoms. The van der Waals surface area contributed by atoms with Gasteiger partial charge < -0.3 is 9.80 Å². The smallest absolute Gasteiger partial charge is 0.253 e. The van der Waals surface area contributed by atoms with Crippen LogP contribution >= 0.6 is 0 Å². The predicted octanol–water partition coefficient (Wildman–Crippen LogP) is 4.22. The first-order valence-corrected chi connectivity index (χ1v) is 14.6. The molecular weight excluding hydrogens is 493 g/mol. The minimum Gasteiger partial charge on any atom is -0.338 e. The fraction of sp³-hybridized carbons (Fsp3) is 0.500. The number of hydrogen-bond acceptors (Lipinski definition) is 4. The molecule has 202 valence electrons. The molecule has 0 saturated carbocycles. The van der Waals surface area contributed by atoms with Gasteiger partial charge in [-0.1, -0.05) is 43.7 Å². The van der Waals surface area contributed by atoms with Gasteiger partial charge in [0.05, 0.1) is 12.3 Å². The zero-order valence-corrected chi connectivity index (χ0v) is 22.8. The van der Waals surface area contributed by atoms with Crippen LogP contribution < -0.4 is 0 Å². The Kier molecular flexibility index (Phi) is 10.2. The molecule has 1 heterocycles. The number of likely N-dealkylation sites (tertiary alicyclic amines) is 1. The van der Waals surface area contributed by atoms with Crippen molar-refractivity contribution in [1.29, 1.82) is 0 Å². The van der Waals surface area contributed by atoms with Crippen LogP contribution in [0, 0.1) is 12.7 Å². The van der Waals surface area contributed by atoms with E-state index in [4.69, 9.17) is 0 Å². The van der Waals surface area contributed by atoms with Crippen molar-refractivity contribution < 1.29 is 22.4 Å². The minimum atomic E-state index is -3.54. The number of carbonyl (C=O) groups is 2. The summed E-state index contributed by atoms with van der Waals surface area (Å²) < 4.78 is 40.4. The van der Waals surface area contributed by atoms with E-state index in [1.807, 2.05) is 38.1 Å². The van der Waals surface area contributed by atoms with Crippen LogP contribution in [0.4, 0.5) is 4.39 Å². The highest BCUT2D eigenvalue weighted by Gasteiger charge is 2.32. The van der Waals surface area contributed by atoms with Gasteiger partial charge in [0.1, 0.15) is 5.82 Å². The van der Waals surface area contributed by atoms with Gasteiger partial charge in [-0.2, -0.15) is 4.31 Å². The zero-order valence-electron chi connectivity index (χ0n) is 22.0. The Morgan fingerprint density at radius 3 is 2.16 bits per heavy atom. The Morgan fingerprint density at radius 1 is 0.973 bits per heavy atom. The fourth-order valence-corrected chi connectivity index (χ4v) is 6.20. The van der Waals surface area contributed by atoms with Crippen molar-refractivity contribution in [2.75, 3.05) is 31.9 Å². The summed E-state index contributed by atoms with van der Waals surface area (Å²) in [5.41, 5.74) is 2.49. The van der Waals surface area contributed by atoms with Crippen molar-refractivity contribution in [3.8, 4) is 0 Å². The van der Waals surface area contributed by atoms with E-state index in [-0.39, 0.29) is 49.1 Å². The zero-order chi connectivity index (χ0) is 27.0. The summed E-state index contributed by atoms with van der Waals surface area (Å²) in [7, 11) is -3.54. The van der Waals surface area contributed by atoms with Gasteiger partial charge in [-0.3, -0.25) is 9.59 Å². The molecule has 0 bridgehead atoms. The molecule has 7 nitrogen and oxygen atoms in total. The second-order valence-corrected chi connectivity index (χ2v) is 11.8. The molecule has 1 saturated heterocycles. The summed E-state index contributed by atoms with van der Waals surface area (Å²) in [6.07, 6.45) is 2.25. The Balaban J connectivity index is 1.76. The molecule has 0 radical (unpaired) electrons. The number of aryl methyl sites for hydroxylation is 1. The third-order valence-corrected chi connectivity index (χ3v) is 8.74. The van der Waals surface area contributed by atoms with Crippen molar-refractivity contribution in [2.24, 2.45) is 0 Å². The molecule has 0 aliphatic carbocycles. The first kappa shape index (κ1) is 28.8. The maximum atomic E-state index is 13.6. The van der Waals surface area contributed by atoms with Gasteiger partial charge in [0, 0.05) is 37.8 Å². The number of rotatable bonds is 11. The molecule has 2 aromatic carbocycles. The Morgan fingerprint density at radius 2 is 1.59 bits per heavy atom. The van der Waals surface area contributed by atoms with E-state index in [0.717, 1.165) is 11.1 Å². The van der Waals surface area contributed by atoms with Crippen molar-refractivity contribution in [3.63, 3.8) is 0 Å². The summed E-state index contributed by atoms with van der Waals surface area (Å²) in [6, 6.07) is 13.3. The minimum absolute atomic E-state index is 0.00223. The fourth-order valence-electron chi connectivity index (χ4n) is 4.66. The van der Waals surface area contributed by atoms with Crippen LogP contribution in [0.3, 0.4) is 0 Å². The third-order valence-electron chi connectivity index (χ3n) is 6.72. The van der Waals surface area contributed by atoms with Gasteiger partial charge in [-0.25, -0.2) is 12.8 Å². The number of amides is 2. The van der Waals surface area contributed by atoms with Gasteiger partial charge in [-0.15, -0.1) is 0 Å². The largest absolute Gasteiger partial charge is 0.338 e. The van der Waals surface area contributed by atoms with Crippen LogP contribution in [0.5, 0.6) is 0 Å². The number of nitrogens with zero attached hydrogens (tertiary/aromatic N) is 3. The number of hydrogen-bond donors (Lipinski definition) is 0. The standard InChI is InChI=1S/C28H38FN3O4S/c1-4-16-31(37(35,36)19-5-2)21-27(33)32(20-23-8-12-25(29)13-9-23)26-14-17-30(18-15-26)28(34)24-10-6-22(3)7-11-24/h6-13,26H,4-5,14-21H2,1-3H3. The molecule has 0 unspecified atom stereocenters. The molecule has 1 aliphatic heterocycles. The summed E-state index contributed by atoms with van der Waals surface area (Å²) in [6.45, 7) is 6.97. The Labute approximate surface area is 220 Å². The first-order valence-electron chi connectivity index (χ1n) is 13.0. The molecule has 37 heavy (non-hydrogen) atoms. The molecule has 1 fully saturated rings. The lowest BCUT2D eigenvalue weighted by Crippen LogP contribution is -2.51. The van der Waals surface area contributed by atoms with Crippen LogP contribution in [0.15, 0.2) is 48.5 Å². The van der Waals surface area contributed by atoms with Gasteiger partial charge in [0.15, 0.2) is 0 Å². The SMILES string of the molecule is CCCN(CC(=O)N(Cc1ccc(F)cc1)C1CCN(C(=O)c2ccc(C)cc2)CC1)S(=O)(=O)CCC. The lowest BCUT2D eigenvalue weighted by Gasteiger charge is -2.39. The van der Waals surface area contributed by atoms with Gasteiger partial charge in [0.2, 0.25) is 15.9 Å². The van der Waals surface area contributed by atoms with Crippen molar-refractivity contribution in [1.82, 2.24) is 14.1 Å². The van der Waals surface area contributed by atoms with Crippen molar-refractivity contribution in [2.45, 2.75) is 59.0 Å². The normalized spacial score (nSPS) is 14.7. The number of piperidine rings is 1. The molecular formula is C28H38FN3O4S. The highest BCUT2D eigenvalue weighted by atomic mass is 32.2. The molecule has 0 spiro atoms. The van der Waals surface area contributed by atoms with E-state index in [9.17, 15) is 22.4 Å². The number of benzene rings is 2. The second-order valence-electron chi connectivity index (χ2n) is 9.69. The molecule has 3 rings (SSSR count). The average Bonchev–Trinajstić information content (AvgIpc) is 2.88. The van der Waals surface area contributed by atoms with Crippen LogP contribution in [0.1, 0.15) is 61.0 Å². The number of carbonyl (C=O) groups excluding carboxylic acids is 2. The third kappa shape index (κ3) is 7.85. The molecule has 0 N–H and O–H groups in total. The Hall–Kier alpha value is -2.78. The highest BCUT2D eigenvalue weighted by molar-refractivity contribution is 7.89. The summed E-state index contributed by atoms with van der Waals surface area (Å²) >= 11 is 0.